The Morgan fingerprint density at radius 1 is 1.36 bits per heavy atom. The molecule has 2 N–H and O–H groups in total. The van der Waals surface area contributed by atoms with Crippen molar-refractivity contribution in [2.24, 2.45) is 18.0 Å². The summed E-state index contributed by atoms with van der Waals surface area (Å²) in [6.45, 7) is 8.07. The Balaban J connectivity index is 2.11. The predicted molar refractivity (Wildman–Crippen MR) is 95.8 cm³/mol. The van der Waals surface area contributed by atoms with Crippen LogP contribution in [0.25, 0.3) is 11.8 Å². The zero-order chi connectivity index (χ0) is 18.4. The third-order valence-electron chi connectivity index (χ3n) is 4.08. The zero-order valence-electron chi connectivity index (χ0n) is 14.0. The summed E-state index contributed by atoms with van der Waals surface area (Å²) >= 11 is 1.65. The van der Waals surface area contributed by atoms with E-state index in [1.807, 2.05) is 13.8 Å². The first kappa shape index (κ1) is 17.7. The Morgan fingerprint density at radius 3 is 2.72 bits per heavy atom. The first-order valence-corrected chi connectivity index (χ1v) is 8.70. The fraction of sp³-hybridized carbons (Fsp3) is 0.375. The number of hydrazine groups is 1. The van der Waals surface area contributed by atoms with Gasteiger partial charge < -0.3 is 4.57 Å². The average molecular weight is 369 g/mol. The van der Waals surface area contributed by atoms with Crippen LogP contribution in [0.1, 0.15) is 25.4 Å². The maximum absolute atomic E-state index is 12.9. The van der Waals surface area contributed by atoms with Crippen molar-refractivity contribution in [3.8, 4) is 0 Å². The fourth-order valence-corrected chi connectivity index (χ4v) is 3.64. The molecule has 0 radical (unpaired) electrons. The molecule has 0 aromatic carbocycles. The van der Waals surface area contributed by atoms with Crippen molar-refractivity contribution in [1.29, 1.82) is 0 Å². The van der Waals surface area contributed by atoms with Crippen LogP contribution in [-0.2, 0) is 7.05 Å². The first-order valence-electron chi connectivity index (χ1n) is 7.71. The molecule has 2 aliphatic heterocycles. The largest absolute Gasteiger partial charge is 0.432 e. The van der Waals surface area contributed by atoms with Gasteiger partial charge in [-0.05, 0) is 17.4 Å². The van der Waals surface area contributed by atoms with Crippen LogP contribution in [0.4, 0.5) is 19.0 Å². The van der Waals surface area contributed by atoms with Gasteiger partial charge in [0.15, 0.2) is 11.6 Å². The second kappa shape index (κ2) is 6.29. The maximum Gasteiger partial charge on any atom is 0.432 e. The van der Waals surface area contributed by atoms with Crippen molar-refractivity contribution < 1.29 is 13.2 Å². The molecule has 0 saturated heterocycles. The van der Waals surface area contributed by atoms with E-state index in [-0.39, 0.29) is 11.6 Å². The Kier molecular flexibility index (Phi) is 4.44. The summed E-state index contributed by atoms with van der Waals surface area (Å²) in [6, 6.07) is 0. The van der Waals surface area contributed by atoms with Crippen LogP contribution in [0.2, 0.25) is 0 Å². The number of rotatable bonds is 3. The molecule has 0 amide bonds. The molecule has 25 heavy (non-hydrogen) atoms. The Hall–Kier alpha value is -2.16. The fourth-order valence-electron chi connectivity index (χ4n) is 2.65. The molecular weight excluding hydrogens is 351 g/mol. The quantitative estimate of drug-likeness (QED) is 0.847. The summed E-state index contributed by atoms with van der Waals surface area (Å²) in [4.78, 5) is 9.88. The lowest BCUT2D eigenvalue weighted by Crippen LogP contribution is -2.33. The Labute approximate surface area is 147 Å². The molecule has 134 valence electrons. The van der Waals surface area contributed by atoms with E-state index in [9.17, 15) is 13.2 Å². The van der Waals surface area contributed by atoms with Gasteiger partial charge in [0.2, 0.25) is 0 Å². The van der Waals surface area contributed by atoms with E-state index in [1.165, 1.54) is 0 Å². The number of halogens is 3. The highest BCUT2D eigenvalue weighted by atomic mass is 32.2. The molecule has 0 bridgehead atoms. The molecule has 1 aromatic heterocycles. The lowest BCUT2D eigenvalue weighted by atomic mass is 9.99. The second-order valence-electron chi connectivity index (χ2n) is 5.73. The molecule has 9 heteroatoms. The van der Waals surface area contributed by atoms with Crippen LogP contribution in [0.15, 0.2) is 27.7 Å². The highest BCUT2D eigenvalue weighted by Crippen LogP contribution is 2.40. The smallest absolute Gasteiger partial charge is 0.311 e. The number of hydrogen-bond acceptors (Lipinski definition) is 5. The van der Waals surface area contributed by atoms with Gasteiger partial charge in [-0.1, -0.05) is 20.4 Å². The van der Waals surface area contributed by atoms with Crippen LogP contribution in [-0.4, -0.2) is 27.7 Å². The van der Waals surface area contributed by atoms with E-state index in [2.05, 4.69) is 27.4 Å². The molecule has 3 rings (SSSR count). The maximum atomic E-state index is 12.9. The van der Waals surface area contributed by atoms with E-state index < -0.39 is 11.9 Å². The lowest BCUT2D eigenvalue weighted by molar-refractivity contribution is -0.0951. The number of fused-ring (bicyclic) bond motifs is 1. The second-order valence-corrected chi connectivity index (χ2v) is 7.04. The normalized spacial score (nSPS) is 20.2. The van der Waals surface area contributed by atoms with Gasteiger partial charge in [0.1, 0.15) is 17.1 Å². The standard InChI is InChI=1S/C16H18F3N5S/c1-5-25-13-9(3)8(2)7-20-12(13)15-21-10-6-11(16(17,18)19)22-23-14(10)24(15)4/h6-7,9,22-23H,2,5H2,1,3-4H3. The summed E-state index contributed by atoms with van der Waals surface area (Å²) in [5.41, 5.74) is 5.67. The van der Waals surface area contributed by atoms with Gasteiger partial charge in [-0.2, -0.15) is 13.2 Å². The SMILES string of the molecule is C=C1C=NC(c2nc3c(n2C)NNC(C(F)(F)F)=C3)=C(SCC)C1C. The zero-order valence-corrected chi connectivity index (χ0v) is 14.8. The average Bonchev–Trinajstić information content (AvgIpc) is 2.88. The van der Waals surface area contributed by atoms with Crippen molar-refractivity contribution in [3.05, 3.63) is 34.3 Å². The predicted octanol–water partition coefficient (Wildman–Crippen LogP) is 3.95. The molecule has 1 atom stereocenters. The number of nitrogens with one attached hydrogen (secondary N) is 2. The van der Waals surface area contributed by atoms with Crippen LogP contribution < -0.4 is 10.9 Å². The number of imidazole rings is 1. The molecule has 3 heterocycles. The number of thioether (sulfide) groups is 1. The molecule has 0 spiro atoms. The van der Waals surface area contributed by atoms with Crippen molar-refractivity contribution in [2.75, 3.05) is 11.2 Å². The van der Waals surface area contributed by atoms with Gasteiger partial charge >= 0.3 is 6.18 Å². The molecule has 1 unspecified atom stereocenters. The third kappa shape index (κ3) is 3.08. The first-order chi connectivity index (χ1) is 11.7. The molecule has 0 aliphatic carbocycles. The van der Waals surface area contributed by atoms with Gasteiger partial charge in [-0.3, -0.25) is 15.8 Å². The van der Waals surface area contributed by atoms with E-state index >= 15 is 0 Å². The summed E-state index contributed by atoms with van der Waals surface area (Å²) in [7, 11) is 1.74. The number of aliphatic imine (C=N–C) groups is 1. The lowest BCUT2D eigenvalue weighted by Gasteiger charge is -2.22. The van der Waals surface area contributed by atoms with Gasteiger partial charge in [-0.25, -0.2) is 4.98 Å². The highest BCUT2D eigenvalue weighted by Gasteiger charge is 2.37. The minimum absolute atomic E-state index is 0.0959. The highest BCUT2D eigenvalue weighted by molar-refractivity contribution is 8.03. The van der Waals surface area contributed by atoms with Crippen LogP contribution in [0.3, 0.4) is 0 Å². The number of nitrogens with zero attached hydrogens (tertiary/aromatic N) is 3. The van der Waals surface area contributed by atoms with Gasteiger partial charge in [0, 0.05) is 24.1 Å². The number of allylic oxidation sites excluding steroid dienone is 3. The van der Waals surface area contributed by atoms with E-state index in [1.54, 1.807) is 29.6 Å². The molecule has 5 nitrogen and oxygen atoms in total. The summed E-state index contributed by atoms with van der Waals surface area (Å²) < 4.78 is 40.4. The number of alkyl halides is 3. The monoisotopic (exact) mass is 369 g/mol. The van der Waals surface area contributed by atoms with Gasteiger partial charge in [-0.15, -0.1) is 11.8 Å². The minimum atomic E-state index is -4.47. The van der Waals surface area contributed by atoms with Crippen LogP contribution in [0, 0.1) is 5.92 Å². The van der Waals surface area contributed by atoms with E-state index in [0.29, 0.717) is 17.3 Å². The van der Waals surface area contributed by atoms with E-state index in [4.69, 9.17) is 0 Å². The number of anilines is 1. The molecule has 0 saturated carbocycles. The molecule has 0 fully saturated rings. The summed E-state index contributed by atoms with van der Waals surface area (Å²) in [6.07, 6.45) is -1.78. The number of aromatic nitrogens is 2. The van der Waals surface area contributed by atoms with Gasteiger partial charge in [0.05, 0.1) is 0 Å². The van der Waals surface area contributed by atoms with Crippen LogP contribution >= 0.6 is 11.8 Å². The molecular formula is C16H18F3N5S. The Bertz CT molecular complexity index is 816. The van der Waals surface area contributed by atoms with Gasteiger partial charge in [0.25, 0.3) is 0 Å². The Morgan fingerprint density at radius 2 is 2.08 bits per heavy atom. The van der Waals surface area contributed by atoms with E-state index in [0.717, 1.165) is 22.3 Å². The van der Waals surface area contributed by atoms with Crippen molar-refractivity contribution >= 4 is 35.6 Å². The number of hydrogen-bond donors (Lipinski definition) is 2. The molecule has 1 aromatic rings. The van der Waals surface area contributed by atoms with Crippen molar-refractivity contribution in [1.82, 2.24) is 15.0 Å². The summed E-state index contributed by atoms with van der Waals surface area (Å²) in [5, 5.41) is 0. The topological polar surface area (TPSA) is 54.2 Å². The van der Waals surface area contributed by atoms with Crippen molar-refractivity contribution in [3.63, 3.8) is 0 Å². The third-order valence-corrected chi connectivity index (χ3v) is 5.22. The summed E-state index contributed by atoms with van der Waals surface area (Å²) in [5.74, 6) is 1.93. The minimum Gasteiger partial charge on any atom is -0.311 e. The van der Waals surface area contributed by atoms with Crippen molar-refractivity contribution in [2.45, 2.75) is 20.0 Å². The van der Waals surface area contributed by atoms with Crippen LogP contribution in [0.5, 0.6) is 0 Å². The molecule has 2 aliphatic rings.